The van der Waals surface area contributed by atoms with Gasteiger partial charge in [0.15, 0.2) is 5.82 Å². The van der Waals surface area contributed by atoms with Crippen LogP contribution in [0.1, 0.15) is 30.7 Å². The van der Waals surface area contributed by atoms with E-state index < -0.39 is 0 Å². The predicted octanol–water partition coefficient (Wildman–Crippen LogP) is 2.40. The number of hydrogen-bond donors (Lipinski definition) is 0. The van der Waals surface area contributed by atoms with Gasteiger partial charge in [-0.15, -0.1) is 5.10 Å². The first-order valence-corrected chi connectivity index (χ1v) is 5.96. The van der Waals surface area contributed by atoms with E-state index in [0.29, 0.717) is 0 Å². The number of rotatable bonds is 1. The summed E-state index contributed by atoms with van der Waals surface area (Å²) in [6, 6.07) is 10.3. The molecule has 17 heavy (non-hydrogen) atoms. The molecule has 0 bridgehead atoms. The van der Waals surface area contributed by atoms with Gasteiger partial charge in [-0.1, -0.05) is 30.3 Å². The number of benzene rings is 1. The topological polar surface area (TPSA) is 43.6 Å². The average molecular weight is 226 g/mol. The molecule has 3 rings (SSSR count). The van der Waals surface area contributed by atoms with Crippen LogP contribution in [-0.4, -0.2) is 20.2 Å². The Labute approximate surface area is 100.0 Å². The van der Waals surface area contributed by atoms with Crippen LogP contribution in [-0.2, 0) is 6.54 Å². The van der Waals surface area contributed by atoms with Crippen LogP contribution in [0.4, 0.5) is 0 Å². The van der Waals surface area contributed by atoms with Crippen molar-refractivity contribution in [3.8, 4) is 0 Å². The van der Waals surface area contributed by atoms with Crippen LogP contribution < -0.4 is 0 Å². The quantitative estimate of drug-likeness (QED) is 0.750. The number of fused-ring (bicyclic) bond motifs is 1. The normalized spacial score (nSPS) is 17.8. The molecule has 1 aromatic heterocycles. The molecule has 0 aliphatic carbocycles. The van der Waals surface area contributed by atoms with Gasteiger partial charge in [0.1, 0.15) is 0 Å². The van der Waals surface area contributed by atoms with E-state index in [1.807, 2.05) is 22.9 Å². The molecule has 0 atom stereocenters. The third kappa shape index (κ3) is 2.11. The third-order valence-corrected chi connectivity index (χ3v) is 3.03. The van der Waals surface area contributed by atoms with Crippen LogP contribution in [0.2, 0.25) is 0 Å². The molecule has 2 aromatic rings. The highest BCUT2D eigenvalue weighted by atomic mass is 15.5. The summed E-state index contributed by atoms with van der Waals surface area (Å²) in [5, 5.41) is 11.9. The van der Waals surface area contributed by atoms with E-state index >= 15 is 0 Å². The van der Waals surface area contributed by atoms with Crippen molar-refractivity contribution in [2.45, 2.75) is 25.8 Å². The van der Waals surface area contributed by atoms with E-state index in [-0.39, 0.29) is 0 Å². The van der Waals surface area contributed by atoms with Crippen molar-refractivity contribution in [1.82, 2.24) is 20.2 Å². The van der Waals surface area contributed by atoms with Crippen LogP contribution in [0.3, 0.4) is 0 Å². The number of aryl methyl sites for hydroxylation is 1. The molecule has 1 aliphatic rings. The molecule has 4 nitrogen and oxygen atoms in total. The molecule has 1 aliphatic heterocycles. The number of allylic oxidation sites excluding steroid dienone is 1. The van der Waals surface area contributed by atoms with Crippen molar-refractivity contribution in [2.24, 2.45) is 0 Å². The molecule has 0 radical (unpaired) electrons. The lowest BCUT2D eigenvalue weighted by Crippen LogP contribution is -2.02. The fraction of sp³-hybridized carbons (Fsp3) is 0.308. The Balaban J connectivity index is 2.01. The van der Waals surface area contributed by atoms with E-state index in [2.05, 4.69) is 33.7 Å². The maximum atomic E-state index is 4.13. The smallest absolute Gasteiger partial charge is 0.177 e. The van der Waals surface area contributed by atoms with Gasteiger partial charge in [0, 0.05) is 6.54 Å². The van der Waals surface area contributed by atoms with Crippen LogP contribution in [0.15, 0.2) is 30.3 Å². The lowest BCUT2D eigenvalue weighted by molar-refractivity contribution is 0.556. The highest BCUT2D eigenvalue weighted by Gasteiger charge is 2.15. The van der Waals surface area contributed by atoms with E-state index in [9.17, 15) is 0 Å². The molecule has 2 heterocycles. The Morgan fingerprint density at radius 1 is 1.12 bits per heavy atom. The average Bonchev–Trinajstić information content (AvgIpc) is 2.75. The zero-order valence-electron chi connectivity index (χ0n) is 9.58. The Bertz CT molecular complexity index is 527. The zero-order chi connectivity index (χ0) is 11.5. The monoisotopic (exact) mass is 226 g/mol. The van der Waals surface area contributed by atoms with Gasteiger partial charge < -0.3 is 0 Å². The van der Waals surface area contributed by atoms with E-state index in [4.69, 9.17) is 0 Å². The van der Waals surface area contributed by atoms with Gasteiger partial charge in [-0.05, 0) is 46.9 Å². The van der Waals surface area contributed by atoms with E-state index in [1.54, 1.807) is 0 Å². The van der Waals surface area contributed by atoms with Gasteiger partial charge >= 0.3 is 0 Å². The lowest BCUT2D eigenvalue weighted by Gasteiger charge is -2.02. The second kappa shape index (κ2) is 4.49. The number of hydrogen-bond acceptors (Lipinski definition) is 3. The molecular formula is C13H14N4. The minimum Gasteiger partial charge on any atom is -0.226 e. The number of aromatic nitrogens is 4. The fourth-order valence-electron chi connectivity index (χ4n) is 2.16. The van der Waals surface area contributed by atoms with Gasteiger partial charge in [0.05, 0.1) is 0 Å². The van der Waals surface area contributed by atoms with Crippen LogP contribution in [0.25, 0.3) is 11.6 Å². The summed E-state index contributed by atoms with van der Waals surface area (Å²) in [6.07, 6.45) is 5.57. The van der Waals surface area contributed by atoms with Crippen LogP contribution >= 0.6 is 0 Å². The van der Waals surface area contributed by atoms with Gasteiger partial charge in [-0.2, -0.15) is 0 Å². The summed E-state index contributed by atoms with van der Waals surface area (Å²) in [7, 11) is 0. The van der Waals surface area contributed by atoms with Gasteiger partial charge in [0.25, 0.3) is 0 Å². The lowest BCUT2D eigenvalue weighted by atomic mass is 10.1. The second-order valence-electron chi connectivity index (χ2n) is 4.26. The highest BCUT2D eigenvalue weighted by molar-refractivity contribution is 5.78. The predicted molar refractivity (Wildman–Crippen MR) is 66.0 cm³/mol. The summed E-state index contributed by atoms with van der Waals surface area (Å²) in [4.78, 5) is 0. The van der Waals surface area contributed by atoms with Crippen molar-refractivity contribution < 1.29 is 0 Å². The molecule has 1 aromatic carbocycles. The maximum absolute atomic E-state index is 4.13. The van der Waals surface area contributed by atoms with E-state index in [1.165, 1.54) is 17.6 Å². The molecule has 0 unspecified atom stereocenters. The minimum absolute atomic E-state index is 0.923. The second-order valence-corrected chi connectivity index (χ2v) is 4.26. The molecule has 0 fully saturated rings. The minimum atomic E-state index is 0.923. The molecule has 0 spiro atoms. The summed E-state index contributed by atoms with van der Waals surface area (Å²) < 4.78 is 1.90. The number of nitrogens with zero attached hydrogens (tertiary/aromatic N) is 4. The molecule has 0 N–H and O–H groups in total. The first-order chi connectivity index (χ1) is 8.43. The third-order valence-electron chi connectivity index (χ3n) is 3.03. The van der Waals surface area contributed by atoms with Crippen LogP contribution in [0.5, 0.6) is 0 Å². The fourth-order valence-corrected chi connectivity index (χ4v) is 2.16. The van der Waals surface area contributed by atoms with Gasteiger partial charge in [0.2, 0.25) is 0 Å². The van der Waals surface area contributed by atoms with Crippen molar-refractivity contribution in [3.05, 3.63) is 41.7 Å². The summed E-state index contributed by atoms with van der Waals surface area (Å²) in [6.45, 7) is 0.925. The summed E-state index contributed by atoms with van der Waals surface area (Å²) in [5.74, 6) is 0.923. The molecule has 0 saturated heterocycles. The van der Waals surface area contributed by atoms with Gasteiger partial charge in [-0.3, -0.25) is 0 Å². The maximum Gasteiger partial charge on any atom is 0.177 e. The Kier molecular flexibility index (Phi) is 2.69. The van der Waals surface area contributed by atoms with E-state index in [0.717, 1.165) is 25.2 Å². The Morgan fingerprint density at radius 3 is 2.88 bits per heavy atom. The van der Waals surface area contributed by atoms with Crippen molar-refractivity contribution >= 4 is 11.6 Å². The van der Waals surface area contributed by atoms with Crippen molar-refractivity contribution in [1.29, 1.82) is 0 Å². The molecule has 86 valence electrons. The SMILES string of the molecule is C(=C1CCCCn2nnnc21)c1ccccc1. The highest BCUT2D eigenvalue weighted by Crippen LogP contribution is 2.24. The van der Waals surface area contributed by atoms with Gasteiger partial charge in [-0.25, -0.2) is 4.68 Å². The van der Waals surface area contributed by atoms with Crippen molar-refractivity contribution in [2.75, 3.05) is 0 Å². The standard InChI is InChI=1S/C13H14N4/c1-2-6-11(7-3-1)10-12-8-4-5-9-17-13(12)14-15-16-17/h1-3,6-7,10H,4-5,8-9H2. The molecule has 0 amide bonds. The summed E-state index contributed by atoms with van der Waals surface area (Å²) in [5.41, 5.74) is 2.44. The number of tetrazole rings is 1. The zero-order valence-corrected chi connectivity index (χ0v) is 9.58. The summed E-state index contributed by atoms with van der Waals surface area (Å²) >= 11 is 0. The Hall–Kier alpha value is -1.97. The first kappa shape index (κ1) is 10.2. The first-order valence-electron chi connectivity index (χ1n) is 5.96. The molecular weight excluding hydrogens is 212 g/mol. The Morgan fingerprint density at radius 2 is 2.00 bits per heavy atom. The van der Waals surface area contributed by atoms with Crippen LogP contribution in [0, 0.1) is 0 Å². The molecule has 0 saturated carbocycles. The largest absolute Gasteiger partial charge is 0.226 e. The molecule has 4 heteroatoms. The van der Waals surface area contributed by atoms with Crippen molar-refractivity contribution in [3.63, 3.8) is 0 Å².